The molecule has 1 saturated heterocycles. The molecule has 1 amide bonds. The molecule has 120 valence electrons. The predicted molar refractivity (Wildman–Crippen MR) is 86.1 cm³/mol. The Balaban J connectivity index is 1.93. The van der Waals surface area contributed by atoms with E-state index in [1.54, 1.807) is 18.3 Å². The number of piperidine rings is 1. The first-order valence-electron chi connectivity index (χ1n) is 7.74. The lowest BCUT2D eigenvalue weighted by molar-refractivity contribution is -0.143. The van der Waals surface area contributed by atoms with E-state index in [1.165, 1.54) is 0 Å². The lowest BCUT2D eigenvalue weighted by Crippen LogP contribution is -2.40. The summed E-state index contributed by atoms with van der Waals surface area (Å²) in [6.07, 6.45) is 4.92. The van der Waals surface area contributed by atoms with Gasteiger partial charge in [-0.05, 0) is 44.2 Å². The van der Waals surface area contributed by atoms with E-state index in [4.69, 9.17) is 17.0 Å². The fraction of sp³-hybridized carbons (Fsp3) is 0.562. The number of likely N-dealkylation sites (tertiary alicyclic amines) is 1. The van der Waals surface area contributed by atoms with Gasteiger partial charge < -0.3 is 14.6 Å². The summed E-state index contributed by atoms with van der Waals surface area (Å²) in [7, 11) is 0. The van der Waals surface area contributed by atoms with Crippen LogP contribution in [0.15, 0.2) is 18.3 Å². The molecule has 0 saturated carbocycles. The van der Waals surface area contributed by atoms with Gasteiger partial charge >= 0.3 is 5.97 Å². The molecule has 0 spiro atoms. The zero-order valence-corrected chi connectivity index (χ0v) is 13.7. The average molecular weight is 322 g/mol. The Hall–Kier alpha value is -1.69. The number of amides is 1. The number of carbonyl (C=O) groups is 2. The summed E-state index contributed by atoms with van der Waals surface area (Å²) in [5, 5.41) is 0. The lowest BCUT2D eigenvalue weighted by Gasteiger charge is -2.32. The zero-order chi connectivity index (χ0) is 15.9. The first kappa shape index (κ1) is 16.7. The summed E-state index contributed by atoms with van der Waals surface area (Å²) in [6.45, 7) is 3.66. The van der Waals surface area contributed by atoms with Crippen LogP contribution >= 0.6 is 12.2 Å². The van der Waals surface area contributed by atoms with E-state index < -0.39 is 0 Å². The average Bonchev–Trinajstić information content (AvgIpc) is 2.53. The van der Waals surface area contributed by atoms with Gasteiger partial charge in [-0.25, -0.2) is 0 Å². The second kappa shape index (κ2) is 8.08. The van der Waals surface area contributed by atoms with Gasteiger partial charge in [0, 0.05) is 25.7 Å². The molecule has 1 atom stereocenters. The molecule has 1 aromatic heterocycles. The third kappa shape index (κ3) is 4.40. The maximum absolute atomic E-state index is 12.6. The predicted octanol–water partition coefficient (Wildman–Crippen LogP) is 2.94. The van der Waals surface area contributed by atoms with E-state index in [0.29, 0.717) is 35.7 Å². The third-order valence-corrected chi connectivity index (χ3v) is 4.25. The number of hydrogen-bond acceptors (Lipinski definition) is 4. The maximum Gasteiger partial charge on any atom is 0.305 e. The molecule has 0 bridgehead atoms. The highest BCUT2D eigenvalue weighted by Crippen LogP contribution is 2.22. The number of rotatable bonds is 5. The van der Waals surface area contributed by atoms with Crippen LogP contribution in [0, 0.1) is 10.6 Å². The Morgan fingerprint density at radius 2 is 2.32 bits per heavy atom. The molecule has 0 unspecified atom stereocenters. The number of nitrogens with one attached hydrogen (secondary N) is 1. The van der Waals surface area contributed by atoms with Crippen LogP contribution in [0.5, 0.6) is 0 Å². The fourth-order valence-electron chi connectivity index (χ4n) is 2.80. The molecule has 0 radical (unpaired) electrons. The minimum atomic E-state index is -0.156. The smallest absolute Gasteiger partial charge is 0.305 e. The van der Waals surface area contributed by atoms with Crippen LogP contribution in [0.4, 0.5) is 0 Å². The third-order valence-electron chi connectivity index (χ3n) is 3.92. The number of esters is 1. The van der Waals surface area contributed by atoms with Crippen molar-refractivity contribution < 1.29 is 14.3 Å². The maximum atomic E-state index is 12.6. The van der Waals surface area contributed by atoms with Crippen molar-refractivity contribution in [1.82, 2.24) is 9.88 Å². The van der Waals surface area contributed by atoms with Gasteiger partial charge in [0.15, 0.2) is 0 Å². The van der Waals surface area contributed by atoms with E-state index in [0.717, 1.165) is 25.8 Å². The molecule has 1 aliphatic rings. The van der Waals surface area contributed by atoms with Crippen molar-refractivity contribution in [2.45, 2.75) is 32.6 Å². The van der Waals surface area contributed by atoms with Crippen LogP contribution in [0.3, 0.4) is 0 Å². The normalized spacial score (nSPS) is 18.0. The van der Waals surface area contributed by atoms with E-state index in [1.807, 2.05) is 11.8 Å². The Labute approximate surface area is 135 Å². The standard InChI is InChI=1S/C16H22N2O3S/c1-2-21-14(19)8-7-12-5-4-10-18(11-12)16(20)13-6-3-9-17-15(13)22/h3,6,9,12H,2,4-5,7-8,10-11H2,1H3,(H,17,22)/t12-/m1/s1. The monoisotopic (exact) mass is 322 g/mol. The summed E-state index contributed by atoms with van der Waals surface area (Å²) < 4.78 is 5.43. The summed E-state index contributed by atoms with van der Waals surface area (Å²) in [5.74, 6) is 0.169. The summed E-state index contributed by atoms with van der Waals surface area (Å²) >= 11 is 5.18. The second-order valence-corrected chi connectivity index (χ2v) is 5.92. The number of hydrogen-bond donors (Lipinski definition) is 1. The van der Waals surface area contributed by atoms with E-state index in [9.17, 15) is 9.59 Å². The summed E-state index contributed by atoms with van der Waals surface area (Å²) in [6, 6.07) is 3.54. The number of H-pyrrole nitrogens is 1. The van der Waals surface area contributed by atoms with Gasteiger partial charge in [-0.1, -0.05) is 12.2 Å². The molecular weight excluding hydrogens is 300 g/mol. The van der Waals surface area contributed by atoms with E-state index >= 15 is 0 Å². The number of carbonyl (C=O) groups excluding carboxylic acids is 2. The van der Waals surface area contributed by atoms with Crippen molar-refractivity contribution >= 4 is 24.1 Å². The number of nitrogens with zero attached hydrogens (tertiary/aromatic N) is 1. The SMILES string of the molecule is CCOC(=O)CC[C@H]1CCCN(C(=O)c2ccc[nH]c2=S)C1. The first-order chi connectivity index (χ1) is 10.6. The van der Waals surface area contributed by atoms with Gasteiger partial charge in [-0.2, -0.15) is 0 Å². The van der Waals surface area contributed by atoms with Gasteiger partial charge in [0.25, 0.3) is 5.91 Å². The topological polar surface area (TPSA) is 62.4 Å². The Bertz CT molecular complexity index is 585. The van der Waals surface area contributed by atoms with Crippen molar-refractivity contribution in [1.29, 1.82) is 0 Å². The van der Waals surface area contributed by atoms with Crippen LogP contribution in [-0.4, -0.2) is 41.5 Å². The Morgan fingerprint density at radius 1 is 1.50 bits per heavy atom. The summed E-state index contributed by atoms with van der Waals surface area (Å²) in [5.41, 5.74) is 0.545. The van der Waals surface area contributed by atoms with Gasteiger partial charge in [0.05, 0.1) is 12.2 Å². The quantitative estimate of drug-likeness (QED) is 0.669. The minimum absolute atomic E-state index is 0.0253. The first-order valence-corrected chi connectivity index (χ1v) is 8.15. The Morgan fingerprint density at radius 3 is 3.05 bits per heavy atom. The van der Waals surface area contributed by atoms with Crippen LogP contribution < -0.4 is 0 Å². The van der Waals surface area contributed by atoms with Gasteiger partial charge in [-0.15, -0.1) is 0 Å². The Kier molecular flexibility index (Phi) is 6.12. The molecule has 1 aromatic rings. The fourth-order valence-corrected chi connectivity index (χ4v) is 3.02. The van der Waals surface area contributed by atoms with Crippen LogP contribution in [-0.2, 0) is 9.53 Å². The number of aromatic amines is 1. The molecule has 1 aliphatic heterocycles. The number of ether oxygens (including phenoxy) is 1. The molecular formula is C16H22N2O3S. The summed E-state index contributed by atoms with van der Waals surface area (Å²) in [4.78, 5) is 28.7. The van der Waals surface area contributed by atoms with Crippen molar-refractivity contribution in [3.8, 4) is 0 Å². The molecule has 0 aliphatic carbocycles. The van der Waals surface area contributed by atoms with Gasteiger partial charge in [0.1, 0.15) is 4.64 Å². The highest BCUT2D eigenvalue weighted by atomic mass is 32.1. The van der Waals surface area contributed by atoms with Crippen LogP contribution in [0.1, 0.15) is 43.0 Å². The number of aromatic nitrogens is 1. The van der Waals surface area contributed by atoms with Crippen molar-refractivity contribution in [2.75, 3.05) is 19.7 Å². The molecule has 6 heteroatoms. The molecule has 2 heterocycles. The molecule has 2 rings (SSSR count). The molecule has 1 fully saturated rings. The van der Waals surface area contributed by atoms with Crippen LogP contribution in [0.2, 0.25) is 0 Å². The molecule has 22 heavy (non-hydrogen) atoms. The van der Waals surface area contributed by atoms with E-state index in [-0.39, 0.29) is 11.9 Å². The highest BCUT2D eigenvalue weighted by Gasteiger charge is 2.25. The largest absolute Gasteiger partial charge is 0.466 e. The molecule has 5 nitrogen and oxygen atoms in total. The van der Waals surface area contributed by atoms with Crippen molar-refractivity contribution in [3.63, 3.8) is 0 Å². The van der Waals surface area contributed by atoms with Crippen LogP contribution in [0.25, 0.3) is 0 Å². The lowest BCUT2D eigenvalue weighted by atomic mass is 9.93. The molecule has 0 aromatic carbocycles. The van der Waals surface area contributed by atoms with Crippen molar-refractivity contribution in [3.05, 3.63) is 28.5 Å². The minimum Gasteiger partial charge on any atom is -0.466 e. The zero-order valence-electron chi connectivity index (χ0n) is 12.8. The molecule has 1 N–H and O–H groups in total. The number of pyridine rings is 1. The van der Waals surface area contributed by atoms with Gasteiger partial charge in [-0.3, -0.25) is 9.59 Å². The van der Waals surface area contributed by atoms with Crippen molar-refractivity contribution in [2.24, 2.45) is 5.92 Å². The highest BCUT2D eigenvalue weighted by molar-refractivity contribution is 7.71. The van der Waals surface area contributed by atoms with Gasteiger partial charge in [0.2, 0.25) is 0 Å². The second-order valence-electron chi connectivity index (χ2n) is 5.52. The van der Waals surface area contributed by atoms with E-state index in [2.05, 4.69) is 4.98 Å².